The van der Waals surface area contributed by atoms with Crippen LogP contribution in [-0.2, 0) is 25.5 Å². The molecule has 1 amide bonds. The van der Waals surface area contributed by atoms with Gasteiger partial charge in [-0.1, -0.05) is 74.0 Å². The quantitative estimate of drug-likeness (QED) is 0.340. The number of carboxylic acids is 1. The molecule has 35 heavy (non-hydrogen) atoms. The average molecular weight is 499 g/mol. The molecule has 2 N–H and O–H groups in total. The lowest BCUT2D eigenvalue weighted by atomic mass is 10.0. The highest BCUT2D eigenvalue weighted by Crippen LogP contribution is 2.29. The monoisotopic (exact) mass is 498 g/mol. The third-order valence-corrected chi connectivity index (χ3v) is 7.12. The standard InChI is InChI=1S/C27H34N2O5S/c1-2-3-16-34-27(33)22(15-14-20-10-6-4-7-11-20)28-23-18-35-19-24(21-12-8-5-9-13-21)29(26(23)32)17-25(30)31/h4-13,22-24,28H,2-3,14-19H2,1H3,(H,30,31). The van der Waals surface area contributed by atoms with E-state index in [1.807, 2.05) is 67.6 Å². The van der Waals surface area contributed by atoms with Crippen LogP contribution in [0.4, 0.5) is 0 Å². The van der Waals surface area contributed by atoms with Crippen LogP contribution in [0.2, 0.25) is 0 Å². The maximum atomic E-state index is 13.6. The molecule has 2 aromatic rings. The fourth-order valence-corrected chi connectivity index (χ4v) is 5.31. The summed E-state index contributed by atoms with van der Waals surface area (Å²) >= 11 is 1.58. The molecular weight excluding hydrogens is 464 g/mol. The number of unbranched alkanes of at least 4 members (excludes halogenated alkanes) is 1. The first-order valence-electron chi connectivity index (χ1n) is 12.1. The molecule has 1 saturated heterocycles. The molecule has 0 aliphatic carbocycles. The molecule has 8 heteroatoms. The second-order valence-electron chi connectivity index (χ2n) is 8.64. The second kappa shape index (κ2) is 13.9. The minimum atomic E-state index is -1.07. The SMILES string of the molecule is CCCCOC(=O)C(CCc1ccccc1)NC1CSCC(c2ccccc2)N(CC(=O)O)C1=O. The largest absolute Gasteiger partial charge is 0.480 e. The number of esters is 1. The van der Waals surface area contributed by atoms with E-state index in [1.54, 1.807) is 11.8 Å². The predicted octanol–water partition coefficient (Wildman–Crippen LogP) is 3.69. The van der Waals surface area contributed by atoms with Gasteiger partial charge < -0.3 is 14.7 Å². The van der Waals surface area contributed by atoms with Crippen LogP contribution in [0, 0.1) is 0 Å². The van der Waals surface area contributed by atoms with Gasteiger partial charge in [-0.15, -0.1) is 0 Å². The van der Waals surface area contributed by atoms with Crippen molar-refractivity contribution in [1.29, 1.82) is 0 Å². The molecule has 1 fully saturated rings. The van der Waals surface area contributed by atoms with Gasteiger partial charge in [-0.2, -0.15) is 11.8 Å². The number of rotatable bonds is 12. The van der Waals surface area contributed by atoms with E-state index in [0.29, 0.717) is 31.0 Å². The zero-order valence-electron chi connectivity index (χ0n) is 20.1. The summed E-state index contributed by atoms with van der Waals surface area (Å²) in [5.74, 6) is -0.721. The van der Waals surface area contributed by atoms with Crippen molar-refractivity contribution in [3.8, 4) is 0 Å². The number of aliphatic carboxylic acids is 1. The molecule has 0 spiro atoms. The summed E-state index contributed by atoms with van der Waals surface area (Å²) in [6, 6.07) is 17.6. The van der Waals surface area contributed by atoms with Gasteiger partial charge in [-0.05, 0) is 30.4 Å². The lowest BCUT2D eigenvalue weighted by molar-refractivity contribution is -0.149. The van der Waals surface area contributed by atoms with Crippen LogP contribution in [0.3, 0.4) is 0 Å². The Kier molecular flexibility index (Phi) is 10.6. The molecule has 0 bridgehead atoms. The third kappa shape index (κ3) is 8.11. The predicted molar refractivity (Wildman–Crippen MR) is 137 cm³/mol. The van der Waals surface area contributed by atoms with Crippen molar-refractivity contribution in [2.45, 2.75) is 50.7 Å². The number of carbonyl (C=O) groups is 3. The molecule has 0 saturated carbocycles. The van der Waals surface area contributed by atoms with E-state index in [1.165, 1.54) is 4.90 Å². The molecule has 7 nitrogen and oxygen atoms in total. The number of hydrogen-bond acceptors (Lipinski definition) is 6. The van der Waals surface area contributed by atoms with Crippen molar-refractivity contribution in [1.82, 2.24) is 10.2 Å². The topological polar surface area (TPSA) is 95.9 Å². The molecule has 1 aliphatic heterocycles. The van der Waals surface area contributed by atoms with E-state index < -0.39 is 24.6 Å². The highest BCUT2D eigenvalue weighted by Gasteiger charge is 2.37. The zero-order valence-corrected chi connectivity index (χ0v) is 20.9. The third-order valence-electron chi connectivity index (χ3n) is 6.00. The fraction of sp³-hybridized carbons (Fsp3) is 0.444. The van der Waals surface area contributed by atoms with Crippen molar-refractivity contribution in [3.05, 3.63) is 71.8 Å². The van der Waals surface area contributed by atoms with E-state index >= 15 is 0 Å². The number of amides is 1. The van der Waals surface area contributed by atoms with Gasteiger partial charge in [0.05, 0.1) is 18.7 Å². The van der Waals surface area contributed by atoms with Crippen LogP contribution in [0.25, 0.3) is 0 Å². The van der Waals surface area contributed by atoms with Gasteiger partial charge in [0.2, 0.25) is 5.91 Å². The number of aryl methyl sites for hydroxylation is 1. The molecule has 1 heterocycles. The molecule has 3 atom stereocenters. The van der Waals surface area contributed by atoms with E-state index in [0.717, 1.165) is 24.0 Å². The van der Waals surface area contributed by atoms with Crippen LogP contribution in [0.5, 0.6) is 0 Å². The van der Waals surface area contributed by atoms with Crippen LogP contribution in [0.1, 0.15) is 43.4 Å². The molecule has 0 aromatic heterocycles. The minimum Gasteiger partial charge on any atom is -0.480 e. The summed E-state index contributed by atoms with van der Waals surface area (Å²) in [5.41, 5.74) is 1.99. The first-order valence-corrected chi connectivity index (χ1v) is 13.3. The second-order valence-corrected chi connectivity index (χ2v) is 9.72. The summed E-state index contributed by atoms with van der Waals surface area (Å²) in [6.45, 7) is 1.97. The molecule has 2 aromatic carbocycles. The number of ether oxygens (including phenoxy) is 1. The van der Waals surface area contributed by atoms with Crippen molar-refractivity contribution in [3.63, 3.8) is 0 Å². The lowest BCUT2D eigenvalue weighted by Crippen LogP contribution is -2.54. The van der Waals surface area contributed by atoms with Gasteiger partial charge in [0.15, 0.2) is 0 Å². The van der Waals surface area contributed by atoms with Gasteiger partial charge in [-0.25, -0.2) is 0 Å². The summed E-state index contributed by atoms with van der Waals surface area (Å²) < 4.78 is 5.50. The Hall–Kier alpha value is -2.84. The van der Waals surface area contributed by atoms with Gasteiger partial charge in [0.1, 0.15) is 12.6 Å². The highest BCUT2D eigenvalue weighted by molar-refractivity contribution is 7.99. The molecule has 3 rings (SSSR count). The summed E-state index contributed by atoms with van der Waals surface area (Å²) in [7, 11) is 0. The highest BCUT2D eigenvalue weighted by atomic mass is 32.2. The van der Waals surface area contributed by atoms with Gasteiger partial charge >= 0.3 is 11.9 Å². The number of carboxylic acid groups (broad SMARTS) is 1. The Labute approximate surface area is 211 Å². The lowest BCUT2D eigenvalue weighted by Gasteiger charge is -2.31. The number of benzene rings is 2. The fourth-order valence-electron chi connectivity index (χ4n) is 4.10. The van der Waals surface area contributed by atoms with Gasteiger partial charge in [0.25, 0.3) is 0 Å². The summed E-state index contributed by atoms with van der Waals surface area (Å²) in [6.07, 6.45) is 2.82. The van der Waals surface area contributed by atoms with E-state index in [9.17, 15) is 19.5 Å². The van der Waals surface area contributed by atoms with E-state index in [2.05, 4.69) is 5.32 Å². The Morgan fingerprint density at radius 1 is 1.11 bits per heavy atom. The Bertz CT molecular complexity index is 957. The Morgan fingerprint density at radius 2 is 1.80 bits per heavy atom. The van der Waals surface area contributed by atoms with Crippen LogP contribution in [-0.4, -0.2) is 64.6 Å². The molecule has 3 unspecified atom stereocenters. The normalized spacial score (nSPS) is 19.1. The smallest absolute Gasteiger partial charge is 0.323 e. The maximum absolute atomic E-state index is 13.6. The van der Waals surface area contributed by atoms with Crippen molar-refractivity contribution < 1.29 is 24.2 Å². The zero-order chi connectivity index (χ0) is 25.0. The number of thioether (sulfide) groups is 1. The Balaban J connectivity index is 1.78. The molecular formula is C27H34N2O5S. The molecule has 188 valence electrons. The number of nitrogens with zero attached hydrogens (tertiary/aromatic N) is 1. The maximum Gasteiger partial charge on any atom is 0.323 e. The number of hydrogen-bond donors (Lipinski definition) is 2. The molecule has 0 radical (unpaired) electrons. The summed E-state index contributed by atoms with van der Waals surface area (Å²) in [4.78, 5) is 39.6. The van der Waals surface area contributed by atoms with Crippen molar-refractivity contribution in [2.75, 3.05) is 24.7 Å². The van der Waals surface area contributed by atoms with Gasteiger partial charge in [-0.3, -0.25) is 19.7 Å². The van der Waals surface area contributed by atoms with E-state index in [4.69, 9.17) is 4.74 Å². The number of nitrogens with one attached hydrogen (secondary N) is 1. The first-order chi connectivity index (χ1) is 17.0. The van der Waals surface area contributed by atoms with Crippen molar-refractivity contribution >= 4 is 29.6 Å². The Morgan fingerprint density at radius 3 is 2.46 bits per heavy atom. The summed E-state index contributed by atoms with van der Waals surface area (Å²) in [5, 5.41) is 12.8. The minimum absolute atomic E-state index is 0.308. The van der Waals surface area contributed by atoms with E-state index in [-0.39, 0.29) is 17.9 Å². The van der Waals surface area contributed by atoms with Crippen molar-refractivity contribution in [2.24, 2.45) is 0 Å². The van der Waals surface area contributed by atoms with Crippen LogP contribution < -0.4 is 5.32 Å². The first kappa shape index (κ1) is 26.8. The average Bonchev–Trinajstić information content (AvgIpc) is 3.01. The van der Waals surface area contributed by atoms with Crippen LogP contribution >= 0.6 is 11.8 Å². The van der Waals surface area contributed by atoms with Gasteiger partial charge in [0, 0.05) is 11.5 Å². The number of carbonyl (C=O) groups excluding carboxylic acids is 2. The van der Waals surface area contributed by atoms with Crippen LogP contribution in [0.15, 0.2) is 60.7 Å². The molecule has 1 aliphatic rings.